The number of nitrogens with zero attached hydrogens (tertiary/aromatic N) is 3. The molecule has 1 aromatic heterocycles. The van der Waals surface area contributed by atoms with Crippen LogP contribution in [-0.4, -0.2) is 14.8 Å². The van der Waals surface area contributed by atoms with E-state index in [1.807, 2.05) is 37.3 Å². The highest BCUT2D eigenvalue weighted by Gasteiger charge is 2.13. The van der Waals surface area contributed by atoms with Crippen molar-refractivity contribution in [3.63, 3.8) is 0 Å². The summed E-state index contributed by atoms with van der Waals surface area (Å²) in [6.07, 6.45) is 1.86. The fraction of sp³-hybridized carbons (Fsp3) is 0.238. The molecule has 0 unspecified atom stereocenters. The van der Waals surface area contributed by atoms with Crippen LogP contribution in [0.3, 0.4) is 0 Å². The number of rotatable bonds is 8. The summed E-state index contributed by atoms with van der Waals surface area (Å²) in [5.41, 5.74) is 3.77. The van der Waals surface area contributed by atoms with Crippen LogP contribution >= 0.6 is 11.8 Å². The van der Waals surface area contributed by atoms with E-state index in [2.05, 4.69) is 52.5 Å². The molecule has 0 aliphatic carbocycles. The molecule has 5 heteroatoms. The molecular formula is C21H23N3OS. The van der Waals surface area contributed by atoms with Crippen LogP contribution in [0.25, 0.3) is 0 Å². The predicted molar refractivity (Wildman–Crippen MR) is 106 cm³/mol. The molecule has 0 saturated carbocycles. The van der Waals surface area contributed by atoms with Gasteiger partial charge in [-0.3, -0.25) is 4.57 Å². The van der Waals surface area contributed by atoms with E-state index in [0.717, 1.165) is 22.5 Å². The zero-order chi connectivity index (χ0) is 18.4. The van der Waals surface area contributed by atoms with Gasteiger partial charge in [0, 0.05) is 12.3 Å². The van der Waals surface area contributed by atoms with Crippen molar-refractivity contribution in [1.29, 1.82) is 0 Å². The third kappa shape index (κ3) is 4.55. The normalized spacial score (nSPS) is 10.7. The highest BCUT2D eigenvalue weighted by molar-refractivity contribution is 7.98. The maximum Gasteiger partial charge on any atom is 0.191 e. The standard InChI is InChI=1S/C21H23N3OS/c1-4-12-24-20(14-25-19-11-7-8-16(2)13-19)22-23-21(24)26-15-18-10-6-5-9-17(18)3/h4-11,13H,1,12,14-15H2,2-3H3. The molecule has 134 valence electrons. The van der Waals surface area contributed by atoms with Gasteiger partial charge in [0.05, 0.1) is 0 Å². The molecule has 0 saturated heterocycles. The first-order valence-electron chi connectivity index (χ1n) is 8.57. The molecule has 0 bridgehead atoms. The van der Waals surface area contributed by atoms with E-state index in [1.54, 1.807) is 11.8 Å². The average Bonchev–Trinajstić information content (AvgIpc) is 3.02. The Hall–Kier alpha value is -2.53. The first kappa shape index (κ1) is 18.3. The first-order valence-corrected chi connectivity index (χ1v) is 9.55. The summed E-state index contributed by atoms with van der Waals surface area (Å²) in [5, 5.41) is 9.57. The molecule has 0 N–H and O–H groups in total. The van der Waals surface area contributed by atoms with Crippen LogP contribution in [0.4, 0.5) is 0 Å². The van der Waals surface area contributed by atoms with Crippen molar-refractivity contribution in [1.82, 2.24) is 14.8 Å². The summed E-state index contributed by atoms with van der Waals surface area (Å²) in [4.78, 5) is 0. The van der Waals surface area contributed by atoms with Crippen molar-refractivity contribution >= 4 is 11.8 Å². The Labute approximate surface area is 158 Å². The SMILES string of the molecule is C=CCn1c(COc2cccc(C)c2)nnc1SCc1ccccc1C. The summed E-state index contributed by atoms with van der Waals surface area (Å²) in [6.45, 7) is 9.08. The van der Waals surface area contributed by atoms with E-state index in [-0.39, 0.29) is 0 Å². The number of thioether (sulfide) groups is 1. The van der Waals surface area contributed by atoms with Gasteiger partial charge in [-0.2, -0.15) is 0 Å². The number of aromatic nitrogens is 3. The minimum atomic E-state index is 0.384. The summed E-state index contributed by atoms with van der Waals surface area (Å²) in [6, 6.07) is 16.4. The Morgan fingerprint density at radius 1 is 1.12 bits per heavy atom. The van der Waals surface area contributed by atoms with Crippen molar-refractivity contribution in [2.24, 2.45) is 0 Å². The van der Waals surface area contributed by atoms with Crippen LogP contribution in [0.15, 0.2) is 66.3 Å². The monoisotopic (exact) mass is 365 g/mol. The van der Waals surface area contributed by atoms with E-state index in [0.29, 0.717) is 13.2 Å². The van der Waals surface area contributed by atoms with Crippen molar-refractivity contribution in [3.05, 3.63) is 83.7 Å². The number of hydrogen-bond donors (Lipinski definition) is 0. The van der Waals surface area contributed by atoms with Gasteiger partial charge in [-0.1, -0.05) is 54.2 Å². The van der Waals surface area contributed by atoms with Crippen LogP contribution < -0.4 is 4.74 Å². The number of aryl methyl sites for hydroxylation is 2. The van der Waals surface area contributed by atoms with Crippen LogP contribution in [0.1, 0.15) is 22.5 Å². The molecule has 0 radical (unpaired) electrons. The van der Waals surface area contributed by atoms with Crippen LogP contribution in [0, 0.1) is 13.8 Å². The van der Waals surface area contributed by atoms with Gasteiger partial charge < -0.3 is 4.74 Å². The molecule has 3 aromatic rings. The smallest absolute Gasteiger partial charge is 0.191 e. The fourth-order valence-electron chi connectivity index (χ4n) is 2.61. The lowest BCUT2D eigenvalue weighted by Gasteiger charge is -2.10. The van der Waals surface area contributed by atoms with Crippen molar-refractivity contribution in [2.75, 3.05) is 0 Å². The second-order valence-corrected chi connectivity index (χ2v) is 7.06. The lowest BCUT2D eigenvalue weighted by Crippen LogP contribution is -2.07. The highest BCUT2D eigenvalue weighted by atomic mass is 32.2. The number of allylic oxidation sites excluding steroid dienone is 1. The maximum absolute atomic E-state index is 5.89. The zero-order valence-corrected chi connectivity index (χ0v) is 16.0. The van der Waals surface area contributed by atoms with Gasteiger partial charge in [0.15, 0.2) is 11.0 Å². The molecule has 0 fully saturated rings. The Bertz CT molecular complexity index is 888. The minimum absolute atomic E-state index is 0.384. The number of ether oxygens (including phenoxy) is 1. The summed E-state index contributed by atoms with van der Waals surface area (Å²) in [7, 11) is 0. The molecule has 2 aromatic carbocycles. The second kappa shape index (κ2) is 8.72. The van der Waals surface area contributed by atoms with Crippen molar-refractivity contribution < 1.29 is 4.74 Å². The third-order valence-corrected chi connectivity index (χ3v) is 5.10. The van der Waals surface area contributed by atoms with Crippen LogP contribution in [-0.2, 0) is 18.9 Å². The van der Waals surface area contributed by atoms with Gasteiger partial charge in [-0.15, -0.1) is 16.8 Å². The van der Waals surface area contributed by atoms with E-state index >= 15 is 0 Å². The molecule has 0 spiro atoms. The van der Waals surface area contributed by atoms with Gasteiger partial charge in [-0.05, 0) is 42.7 Å². The minimum Gasteiger partial charge on any atom is -0.486 e. The molecular weight excluding hydrogens is 342 g/mol. The molecule has 3 rings (SSSR count). The second-order valence-electron chi connectivity index (χ2n) is 6.12. The van der Waals surface area contributed by atoms with Crippen molar-refractivity contribution in [2.45, 2.75) is 37.9 Å². The van der Waals surface area contributed by atoms with Gasteiger partial charge in [0.2, 0.25) is 0 Å². The van der Waals surface area contributed by atoms with Gasteiger partial charge >= 0.3 is 0 Å². The zero-order valence-electron chi connectivity index (χ0n) is 15.2. The molecule has 1 heterocycles. The van der Waals surface area contributed by atoms with Gasteiger partial charge in [-0.25, -0.2) is 0 Å². The third-order valence-electron chi connectivity index (χ3n) is 4.08. The quantitative estimate of drug-likeness (QED) is 0.418. The fourth-order valence-corrected chi connectivity index (χ4v) is 3.66. The molecule has 0 amide bonds. The van der Waals surface area contributed by atoms with Gasteiger partial charge in [0.1, 0.15) is 12.4 Å². The van der Waals surface area contributed by atoms with E-state index in [9.17, 15) is 0 Å². The number of hydrogen-bond acceptors (Lipinski definition) is 4. The number of benzene rings is 2. The Morgan fingerprint density at radius 2 is 1.96 bits per heavy atom. The molecule has 0 aliphatic heterocycles. The van der Waals surface area contributed by atoms with Crippen molar-refractivity contribution in [3.8, 4) is 5.75 Å². The molecule has 0 aliphatic rings. The molecule has 0 atom stereocenters. The highest BCUT2D eigenvalue weighted by Crippen LogP contribution is 2.24. The summed E-state index contributed by atoms with van der Waals surface area (Å²) >= 11 is 1.69. The largest absolute Gasteiger partial charge is 0.486 e. The first-order chi connectivity index (χ1) is 12.7. The lowest BCUT2D eigenvalue weighted by molar-refractivity contribution is 0.289. The average molecular weight is 366 g/mol. The van der Waals surface area contributed by atoms with E-state index in [1.165, 1.54) is 16.7 Å². The summed E-state index contributed by atoms with van der Waals surface area (Å²) in [5.74, 6) is 2.51. The Morgan fingerprint density at radius 3 is 2.73 bits per heavy atom. The Kier molecular flexibility index (Phi) is 6.12. The van der Waals surface area contributed by atoms with E-state index in [4.69, 9.17) is 4.74 Å². The predicted octanol–water partition coefficient (Wildman–Crippen LogP) is 4.95. The molecule has 26 heavy (non-hydrogen) atoms. The van der Waals surface area contributed by atoms with E-state index < -0.39 is 0 Å². The maximum atomic E-state index is 5.89. The Balaban J connectivity index is 1.71. The van der Waals surface area contributed by atoms with Crippen LogP contribution in [0.5, 0.6) is 5.75 Å². The topological polar surface area (TPSA) is 39.9 Å². The van der Waals surface area contributed by atoms with Crippen LogP contribution in [0.2, 0.25) is 0 Å². The summed E-state index contributed by atoms with van der Waals surface area (Å²) < 4.78 is 7.95. The van der Waals surface area contributed by atoms with Gasteiger partial charge in [0.25, 0.3) is 0 Å². The molecule has 4 nitrogen and oxygen atoms in total. The lowest BCUT2D eigenvalue weighted by atomic mass is 10.1.